The molecule has 1 aromatic carbocycles. The molecule has 7 heteroatoms. The normalized spacial score (nSPS) is 10.6. The molecular formula is C13H17N5O2. The van der Waals surface area contributed by atoms with E-state index in [-0.39, 0.29) is 19.1 Å². The lowest BCUT2D eigenvalue weighted by Gasteiger charge is -2.08. The van der Waals surface area contributed by atoms with Crippen molar-refractivity contribution in [2.45, 2.75) is 26.3 Å². The fraction of sp³-hybridized carbons (Fsp3) is 0.385. The van der Waals surface area contributed by atoms with Crippen molar-refractivity contribution in [2.24, 2.45) is 0 Å². The Morgan fingerprint density at radius 2 is 2.10 bits per heavy atom. The smallest absolute Gasteiger partial charge is 0.258 e. The van der Waals surface area contributed by atoms with Crippen LogP contribution < -0.4 is 10.1 Å². The van der Waals surface area contributed by atoms with Crippen LogP contribution in [0, 0.1) is 0 Å². The van der Waals surface area contributed by atoms with Crippen LogP contribution in [-0.4, -0.2) is 33.1 Å². The van der Waals surface area contributed by atoms with Gasteiger partial charge < -0.3 is 10.1 Å². The van der Waals surface area contributed by atoms with Crippen LogP contribution in [0.5, 0.6) is 5.75 Å². The van der Waals surface area contributed by atoms with Crippen molar-refractivity contribution >= 4 is 5.91 Å². The molecule has 0 spiro atoms. The molecule has 0 fully saturated rings. The molecule has 0 atom stereocenters. The van der Waals surface area contributed by atoms with E-state index < -0.39 is 0 Å². The highest BCUT2D eigenvalue weighted by Gasteiger charge is 2.05. The monoisotopic (exact) mass is 275 g/mol. The number of benzene rings is 1. The van der Waals surface area contributed by atoms with Gasteiger partial charge in [0.25, 0.3) is 5.91 Å². The second-order valence-corrected chi connectivity index (χ2v) is 4.62. The number of tetrazole rings is 1. The SMILES string of the molecule is CC(C)c1ccc(OCC(=O)NCc2nn[nH]n2)cc1. The zero-order valence-electron chi connectivity index (χ0n) is 11.5. The number of nitrogens with one attached hydrogen (secondary N) is 2. The highest BCUT2D eigenvalue weighted by Crippen LogP contribution is 2.18. The number of carbonyl (C=O) groups is 1. The lowest BCUT2D eigenvalue weighted by Crippen LogP contribution is -2.28. The molecule has 2 rings (SSSR count). The van der Waals surface area contributed by atoms with Crippen molar-refractivity contribution in [3.63, 3.8) is 0 Å². The first kappa shape index (κ1) is 14.0. The third-order valence-corrected chi connectivity index (χ3v) is 2.75. The molecule has 0 radical (unpaired) electrons. The average Bonchev–Trinajstić information content (AvgIpc) is 2.96. The van der Waals surface area contributed by atoms with Gasteiger partial charge in [-0.2, -0.15) is 5.21 Å². The molecular weight excluding hydrogens is 258 g/mol. The number of carbonyl (C=O) groups excluding carboxylic acids is 1. The standard InChI is InChI=1S/C13H17N5O2/c1-9(2)10-3-5-11(6-4-10)20-8-13(19)14-7-12-15-17-18-16-12/h3-6,9H,7-8H2,1-2H3,(H,14,19)(H,15,16,17,18). The summed E-state index contributed by atoms with van der Waals surface area (Å²) in [6.07, 6.45) is 0. The van der Waals surface area contributed by atoms with E-state index in [4.69, 9.17) is 4.74 Å². The van der Waals surface area contributed by atoms with Crippen LogP contribution in [0.15, 0.2) is 24.3 Å². The van der Waals surface area contributed by atoms with Gasteiger partial charge in [0.05, 0.1) is 6.54 Å². The number of rotatable bonds is 6. The summed E-state index contributed by atoms with van der Waals surface area (Å²) >= 11 is 0. The van der Waals surface area contributed by atoms with Crippen molar-refractivity contribution in [3.05, 3.63) is 35.7 Å². The third-order valence-electron chi connectivity index (χ3n) is 2.75. The fourth-order valence-corrected chi connectivity index (χ4v) is 1.58. The second kappa shape index (κ2) is 6.65. The van der Waals surface area contributed by atoms with Crippen molar-refractivity contribution < 1.29 is 9.53 Å². The molecule has 20 heavy (non-hydrogen) atoms. The maximum absolute atomic E-state index is 11.6. The predicted molar refractivity (Wildman–Crippen MR) is 72.1 cm³/mol. The fourth-order valence-electron chi connectivity index (χ4n) is 1.58. The van der Waals surface area contributed by atoms with Crippen molar-refractivity contribution in [1.29, 1.82) is 0 Å². The minimum Gasteiger partial charge on any atom is -0.484 e. The third kappa shape index (κ3) is 4.04. The molecule has 2 N–H and O–H groups in total. The molecule has 0 aliphatic heterocycles. The number of nitrogens with zero attached hydrogens (tertiary/aromatic N) is 3. The highest BCUT2D eigenvalue weighted by atomic mass is 16.5. The van der Waals surface area contributed by atoms with Gasteiger partial charge >= 0.3 is 0 Å². The summed E-state index contributed by atoms with van der Waals surface area (Å²) in [5.74, 6) is 1.34. The van der Waals surface area contributed by atoms with Crippen LogP contribution in [0.25, 0.3) is 0 Å². The Kier molecular flexibility index (Phi) is 4.65. The van der Waals surface area contributed by atoms with E-state index in [9.17, 15) is 4.79 Å². The number of aromatic nitrogens is 4. The first-order valence-corrected chi connectivity index (χ1v) is 6.37. The lowest BCUT2D eigenvalue weighted by atomic mass is 10.0. The van der Waals surface area contributed by atoms with E-state index in [1.54, 1.807) is 0 Å². The first-order chi connectivity index (χ1) is 9.65. The van der Waals surface area contributed by atoms with Gasteiger partial charge in [-0.05, 0) is 23.6 Å². The Labute approximate surface area is 116 Å². The summed E-state index contributed by atoms with van der Waals surface area (Å²) in [7, 11) is 0. The van der Waals surface area contributed by atoms with E-state index in [1.165, 1.54) is 5.56 Å². The zero-order valence-corrected chi connectivity index (χ0v) is 11.5. The number of H-pyrrole nitrogens is 1. The molecule has 1 amide bonds. The van der Waals surface area contributed by atoms with Gasteiger partial charge in [0.15, 0.2) is 12.4 Å². The van der Waals surface area contributed by atoms with E-state index in [0.717, 1.165) is 0 Å². The summed E-state index contributed by atoms with van der Waals surface area (Å²) in [5.41, 5.74) is 1.24. The predicted octanol–water partition coefficient (Wildman–Crippen LogP) is 1.02. The molecule has 2 aromatic rings. The Morgan fingerprint density at radius 1 is 1.35 bits per heavy atom. The molecule has 106 valence electrons. The molecule has 0 saturated carbocycles. The Balaban J connectivity index is 1.75. The van der Waals surface area contributed by atoms with Gasteiger partial charge in [-0.15, -0.1) is 10.2 Å². The number of ether oxygens (including phenoxy) is 1. The summed E-state index contributed by atoms with van der Waals surface area (Å²) in [4.78, 5) is 11.6. The molecule has 0 aliphatic carbocycles. The first-order valence-electron chi connectivity index (χ1n) is 6.37. The topological polar surface area (TPSA) is 92.8 Å². The molecule has 0 saturated heterocycles. The number of hydrogen-bond acceptors (Lipinski definition) is 5. The highest BCUT2D eigenvalue weighted by molar-refractivity contribution is 5.77. The quantitative estimate of drug-likeness (QED) is 0.821. The van der Waals surface area contributed by atoms with Gasteiger partial charge in [0.2, 0.25) is 0 Å². The molecule has 0 aliphatic rings. The minimum absolute atomic E-state index is 0.0428. The average molecular weight is 275 g/mol. The molecule has 0 bridgehead atoms. The summed E-state index contributed by atoms with van der Waals surface area (Å²) in [6.45, 7) is 4.44. The van der Waals surface area contributed by atoms with Crippen LogP contribution in [0.3, 0.4) is 0 Å². The van der Waals surface area contributed by atoms with Gasteiger partial charge in [-0.1, -0.05) is 31.2 Å². The number of aromatic amines is 1. The van der Waals surface area contributed by atoms with Crippen molar-refractivity contribution in [2.75, 3.05) is 6.61 Å². The molecule has 1 heterocycles. The maximum atomic E-state index is 11.6. The molecule has 0 unspecified atom stereocenters. The summed E-state index contributed by atoms with van der Waals surface area (Å²) in [5, 5.41) is 15.8. The maximum Gasteiger partial charge on any atom is 0.258 e. The van der Waals surface area contributed by atoms with E-state index in [0.29, 0.717) is 17.5 Å². The van der Waals surface area contributed by atoms with Crippen LogP contribution in [-0.2, 0) is 11.3 Å². The van der Waals surface area contributed by atoms with Crippen LogP contribution >= 0.6 is 0 Å². The second-order valence-electron chi connectivity index (χ2n) is 4.62. The van der Waals surface area contributed by atoms with Crippen molar-refractivity contribution in [3.8, 4) is 5.75 Å². The Morgan fingerprint density at radius 3 is 2.70 bits per heavy atom. The van der Waals surface area contributed by atoms with Gasteiger partial charge in [0.1, 0.15) is 5.75 Å². The number of amides is 1. The van der Waals surface area contributed by atoms with Gasteiger partial charge in [-0.25, -0.2) is 0 Å². The molecule has 1 aromatic heterocycles. The minimum atomic E-state index is -0.234. The Hall–Kier alpha value is -2.44. The van der Waals surface area contributed by atoms with E-state index in [1.807, 2.05) is 24.3 Å². The number of hydrogen-bond donors (Lipinski definition) is 2. The van der Waals surface area contributed by atoms with E-state index >= 15 is 0 Å². The zero-order chi connectivity index (χ0) is 14.4. The van der Waals surface area contributed by atoms with Gasteiger partial charge in [0, 0.05) is 0 Å². The summed E-state index contributed by atoms with van der Waals surface area (Å²) < 4.78 is 5.40. The lowest BCUT2D eigenvalue weighted by molar-refractivity contribution is -0.123. The van der Waals surface area contributed by atoms with E-state index in [2.05, 4.69) is 39.8 Å². The Bertz CT molecular complexity index is 536. The van der Waals surface area contributed by atoms with Crippen LogP contribution in [0.4, 0.5) is 0 Å². The van der Waals surface area contributed by atoms with Crippen LogP contribution in [0.2, 0.25) is 0 Å². The van der Waals surface area contributed by atoms with Gasteiger partial charge in [-0.3, -0.25) is 4.79 Å². The largest absolute Gasteiger partial charge is 0.484 e. The van der Waals surface area contributed by atoms with Crippen molar-refractivity contribution in [1.82, 2.24) is 25.9 Å². The molecule has 7 nitrogen and oxygen atoms in total. The summed E-state index contributed by atoms with van der Waals surface area (Å²) in [6, 6.07) is 7.72. The van der Waals surface area contributed by atoms with Crippen LogP contribution in [0.1, 0.15) is 31.2 Å².